The number of nitrogens with zero attached hydrogens (tertiary/aromatic N) is 2. The van der Waals surface area contributed by atoms with Crippen LogP contribution in [0.15, 0.2) is 36.7 Å². The maximum atomic E-state index is 13.2. The number of H-pyrrole nitrogens is 1. The number of halogens is 1. The summed E-state index contributed by atoms with van der Waals surface area (Å²) in [6, 6.07) is 7.64. The van der Waals surface area contributed by atoms with Crippen molar-refractivity contribution in [2.45, 2.75) is 6.92 Å². The molecule has 20 heavy (non-hydrogen) atoms. The summed E-state index contributed by atoms with van der Waals surface area (Å²) in [5.74, 6) is -1.32. The number of pyridine rings is 1. The van der Waals surface area contributed by atoms with Gasteiger partial charge in [-0.1, -0.05) is 11.6 Å². The molecule has 1 aromatic carbocycles. The minimum Gasteiger partial charge on any atom is -0.320 e. The molecule has 0 saturated carbocycles. The van der Waals surface area contributed by atoms with Gasteiger partial charge in [0.15, 0.2) is 0 Å². The van der Waals surface area contributed by atoms with Crippen molar-refractivity contribution in [3.8, 4) is 0 Å². The molecule has 2 heterocycles. The van der Waals surface area contributed by atoms with Crippen molar-refractivity contribution in [3.05, 3.63) is 53.7 Å². The molecule has 0 spiro atoms. The summed E-state index contributed by atoms with van der Waals surface area (Å²) in [5, 5.41) is 9.06. The lowest BCUT2D eigenvalue weighted by Crippen LogP contribution is -2.12. The summed E-state index contributed by atoms with van der Waals surface area (Å²) in [6.07, 6.45) is 2.68. The zero-order chi connectivity index (χ0) is 14.1. The van der Waals surface area contributed by atoms with E-state index in [0.29, 0.717) is 5.69 Å². The molecule has 2 aromatic heterocycles. The average molecular weight is 270 g/mol. The third-order valence-electron chi connectivity index (χ3n) is 2.93. The Labute approximate surface area is 113 Å². The maximum Gasteiger partial charge on any atom is 0.261 e. The number of aryl methyl sites for hydroxylation is 1. The number of benzene rings is 1. The smallest absolute Gasteiger partial charge is 0.261 e. The third-order valence-corrected chi connectivity index (χ3v) is 2.93. The zero-order valence-corrected chi connectivity index (χ0v) is 10.6. The molecule has 1 amide bonds. The number of carbonyl (C=O) groups is 1. The highest BCUT2D eigenvalue weighted by molar-refractivity contribution is 6.04. The van der Waals surface area contributed by atoms with Gasteiger partial charge in [-0.3, -0.25) is 14.9 Å². The van der Waals surface area contributed by atoms with Crippen molar-refractivity contribution in [3.63, 3.8) is 0 Å². The van der Waals surface area contributed by atoms with E-state index in [1.54, 1.807) is 6.07 Å². The van der Waals surface area contributed by atoms with E-state index in [9.17, 15) is 9.18 Å². The molecule has 0 atom stereocenters. The summed E-state index contributed by atoms with van der Waals surface area (Å²) in [5.41, 5.74) is 2.31. The number of aromatic amines is 1. The van der Waals surface area contributed by atoms with Crippen molar-refractivity contribution in [2.24, 2.45) is 0 Å². The fourth-order valence-electron chi connectivity index (χ4n) is 1.95. The Morgan fingerprint density at radius 2 is 2.15 bits per heavy atom. The predicted octanol–water partition coefficient (Wildman–Crippen LogP) is 2.66. The fraction of sp³-hybridized carbons (Fsp3) is 0.0714. The topological polar surface area (TPSA) is 70.7 Å². The Bertz CT molecular complexity index is 797. The Morgan fingerprint density at radius 3 is 2.90 bits per heavy atom. The van der Waals surface area contributed by atoms with E-state index < -0.39 is 11.9 Å². The largest absolute Gasteiger partial charge is 0.320 e. The minimum absolute atomic E-state index is 0.130. The van der Waals surface area contributed by atoms with Crippen LogP contribution in [0.2, 0.25) is 0 Å². The first-order valence-corrected chi connectivity index (χ1v) is 6.00. The number of hydrogen-bond donors (Lipinski definition) is 2. The van der Waals surface area contributed by atoms with E-state index in [0.717, 1.165) is 22.7 Å². The lowest BCUT2D eigenvalue weighted by Gasteiger charge is -2.05. The van der Waals surface area contributed by atoms with Gasteiger partial charge in [0.1, 0.15) is 5.56 Å². The average Bonchev–Trinajstić information content (AvgIpc) is 2.84. The van der Waals surface area contributed by atoms with E-state index in [4.69, 9.17) is 0 Å². The van der Waals surface area contributed by atoms with E-state index in [1.165, 1.54) is 6.20 Å². The fourth-order valence-corrected chi connectivity index (χ4v) is 1.95. The summed E-state index contributed by atoms with van der Waals surface area (Å²) in [7, 11) is 0. The molecule has 0 saturated heterocycles. The van der Waals surface area contributed by atoms with Gasteiger partial charge in [0.05, 0.1) is 23.6 Å². The molecule has 6 heteroatoms. The molecule has 100 valence electrons. The molecule has 3 rings (SSSR count). The van der Waals surface area contributed by atoms with Crippen LogP contribution in [0, 0.1) is 12.9 Å². The number of carbonyl (C=O) groups excluding carboxylic acids is 1. The molecular formula is C14H11FN4O. The highest BCUT2D eigenvalue weighted by atomic mass is 19.1. The van der Waals surface area contributed by atoms with Crippen LogP contribution in [0.5, 0.6) is 0 Å². The Hall–Kier alpha value is -2.76. The van der Waals surface area contributed by atoms with Crippen molar-refractivity contribution in [1.82, 2.24) is 15.2 Å². The van der Waals surface area contributed by atoms with Crippen LogP contribution >= 0.6 is 0 Å². The lowest BCUT2D eigenvalue weighted by atomic mass is 10.1. The molecule has 0 bridgehead atoms. The first kappa shape index (κ1) is 12.3. The van der Waals surface area contributed by atoms with Crippen LogP contribution in [0.25, 0.3) is 10.9 Å². The molecule has 0 unspecified atom stereocenters. The van der Waals surface area contributed by atoms with E-state index in [2.05, 4.69) is 20.5 Å². The standard InChI is InChI=1S/C14H11FN4O/c1-8-2-3-12-9(4-8)5-10(6-16-12)18-14(20)11-7-17-19-13(11)15/h2-7H,1H3,(H,17,19)(H,18,20). The molecule has 5 nitrogen and oxygen atoms in total. The number of amides is 1. The Morgan fingerprint density at radius 1 is 1.30 bits per heavy atom. The molecule has 0 aliphatic carbocycles. The highest BCUT2D eigenvalue weighted by Gasteiger charge is 2.14. The van der Waals surface area contributed by atoms with E-state index in [1.807, 2.05) is 25.1 Å². The van der Waals surface area contributed by atoms with Gasteiger partial charge in [-0.15, -0.1) is 0 Å². The van der Waals surface area contributed by atoms with Crippen LogP contribution in [0.4, 0.5) is 10.1 Å². The number of aromatic nitrogens is 3. The SMILES string of the molecule is Cc1ccc2ncc(NC(=O)c3cn[nH]c3F)cc2c1. The first-order valence-electron chi connectivity index (χ1n) is 6.00. The first-order chi connectivity index (χ1) is 9.63. The molecule has 0 aliphatic rings. The van der Waals surface area contributed by atoms with Gasteiger partial charge in [-0.2, -0.15) is 9.49 Å². The number of rotatable bonds is 2. The molecule has 0 fully saturated rings. The molecule has 2 N–H and O–H groups in total. The second kappa shape index (κ2) is 4.73. The van der Waals surface area contributed by atoms with E-state index >= 15 is 0 Å². The normalized spacial score (nSPS) is 10.7. The quantitative estimate of drug-likeness (QED) is 0.752. The molecule has 3 aromatic rings. The second-order valence-electron chi connectivity index (χ2n) is 4.47. The van der Waals surface area contributed by atoms with Crippen LogP contribution in [-0.4, -0.2) is 21.1 Å². The Balaban J connectivity index is 1.91. The van der Waals surface area contributed by atoms with Gasteiger partial charge in [0, 0.05) is 5.39 Å². The molecule has 0 radical (unpaired) electrons. The van der Waals surface area contributed by atoms with Gasteiger partial charge in [-0.05, 0) is 25.1 Å². The van der Waals surface area contributed by atoms with Gasteiger partial charge in [0.25, 0.3) is 5.91 Å². The second-order valence-corrected chi connectivity index (χ2v) is 4.47. The maximum absolute atomic E-state index is 13.2. The third kappa shape index (κ3) is 2.23. The van der Waals surface area contributed by atoms with Crippen molar-refractivity contribution < 1.29 is 9.18 Å². The summed E-state index contributed by atoms with van der Waals surface area (Å²) >= 11 is 0. The minimum atomic E-state index is -0.757. The number of hydrogen-bond acceptors (Lipinski definition) is 3. The van der Waals surface area contributed by atoms with E-state index in [-0.39, 0.29) is 5.56 Å². The van der Waals surface area contributed by atoms with Gasteiger partial charge >= 0.3 is 0 Å². The monoisotopic (exact) mass is 270 g/mol. The predicted molar refractivity (Wildman–Crippen MR) is 73.0 cm³/mol. The van der Waals surface area contributed by atoms with Crippen molar-refractivity contribution in [1.29, 1.82) is 0 Å². The number of nitrogens with one attached hydrogen (secondary N) is 2. The van der Waals surface area contributed by atoms with Gasteiger partial charge < -0.3 is 5.32 Å². The van der Waals surface area contributed by atoms with Gasteiger partial charge in [0.2, 0.25) is 5.95 Å². The number of anilines is 1. The number of fused-ring (bicyclic) bond motifs is 1. The molecule has 0 aliphatic heterocycles. The van der Waals surface area contributed by atoms with Crippen LogP contribution < -0.4 is 5.32 Å². The summed E-state index contributed by atoms with van der Waals surface area (Å²) in [6.45, 7) is 1.98. The van der Waals surface area contributed by atoms with Crippen LogP contribution in [-0.2, 0) is 0 Å². The molecular weight excluding hydrogens is 259 g/mol. The lowest BCUT2D eigenvalue weighted by molar-refractivity contribution is 0.102. The summed E-state index contributed by atoms with van der Waals surface area (Å²) < 4.78 is 13.2. The summed E-state index contributed by atoms with van der Waals surface area (Å²) in [4.78, 5) is 16.1. The highest BCUT2D eigenvalue weighted by Crippen LogP contribution is 2.18. The van der Waals surface area contributed by atoms with Gasteiger partial charge in [-0.25, -0.2) is 0 Å². The Kier molecular flexibility index (Phi) is 2.90. The van der Waals surface area contributed by atoms with Crippen LogP contribution in [0.3, 0.4) is 0 Å². The van der Waals surface area contributed by atoms with Crippen LogP contribution in [0.1, 0.15) is 15.9 Å². The van der Waals surface area contributed by atoms with Crippen molar-refractivity contribution in [2.75, 3.05) is 5.32 Å². The zero-order valence-electron chi connectivity index (χ0n) is 10.6. The van der Waals surface area contributed by atoms with Crippen molar-refractivity contribution >= 4 is 22.5 Å².